The van der Waals surface area contributed by atoms with Crippen molar-refractivity contribution in [3.8, 4) is 0 Å². The quantitative estimate of drug-likeness (QED) is 0.609. The molecule has 2 heterocycles. The average Bonchev–Trinajstić information content (AvgIpc) is 2.95. The summed E-state index contributed by atoms with van der Waals surface area (Å²) in [5.41, 5.74) is 1.97. The zero-order valence-corrected chi connectivity index (χ0v) is 12.6. The number of hydrogen-bond acceptors (Lipinski definition) is 3. The number of pyridine rings is 1. The van der Waals surface area contributed by atoms with Crippen molar-refractivity contribution in [2.75, 3.05) is 6.54 Å². The van der Waals surface area contributed by atoms with Crippen molar-refractivity contribution in [1.29, 1.82) is 0 Å². The number of carbonyl (C=O) groups is 1. The van der Waals surface area contributed by atoms with E-state index < -0.39 is 0 Å². The maximum atomic E-state index is 11.8. The number of fused-ring (bicyclic) bond motifs is 1. The molecule has 0 atom stereocenters. The van der Waals surface area contributed by atoms with Crippen LogP contribution in [0, 0.1) is 0 Å². The number of amides is 1. The highest BCUT2D eigenvalue weighted by atomic mass is 16.1. The summed E-state index contributed by atoms with van der Waals surface area (Å²) >= 11 is 0. The second kappa shape index (κ2) is 8.56. The highest BCUT2D eigenvalue weighted by molar-refractivity contribution is 5.82. The number of aliphatic imine (C=N–C) groups is 1. The van der Waals surface area contributed by atoms with Crippen molar-refractivity contribution in [2.24, 2.45) is 4.99 Å². The van der Waals surface area contributed by atoms with Crippen LogP contribution in [-0.2, 0) is 11.2 Å². The summed E-state index contributed by atoms with van der Waals surface area (Å²) in [6.07, 6.45) is 13.8. The van der Waals surface area contributed by atoms with Crippen LogP contribution in [0.15, 0.2) is 53.9 Å². The Morgan fingerprint density at radius 1 is 1.45 bits per heavy atom. The van der Waals surface area contributed by atoms with Crippen molar-refractivity contribution in [3.63, 3.8) is 0 Å². The molecule has 0 fully saturated rings. The number of hydrogen-bond donors (Lipinski definition) is 2. The number of allylic oxidation sites excluding steroid dienone is 3. The van der Waals surface area contributed by atoms with Gasteiger partial charge in [0, 0.05) is 36.6 Å². The Balaban J connectivity index is 1.74. The molecule has 0 unspecified atom stereocenters. The molecule has 0 aliphatic carbocycles. The van der Waals surface area contributed by atoms with Gasteiger partial charge in [0.15, 0.2) is 0 Å². The van der Waals surface area contributed by atoms with Gasteiger partial charge in [-0.3, -0.25) is 9.79 Å². The molecule has 2 rings (SSSR count). The lowest BCUT2D eigenvalue weighted by atomic mass is 10.1. The van der Waals surface area contributed by atoms with Gasteiger partial charge in [0.05, 0.1) is 6.54 Å². The number of aromatic nitrogens is 2. The van der Waals surface area contributed by atoms with E-state index in [0.29, 0.717) is 19.4 Å². The minimum absolute atomic E-state index is 0.0159. The number of H-pyrrole nitrogens is 1. The van der Waals surface area contributed by atoms with E-state index in [9.17, 15) is 4.79 Å². The van der Waals surface area contributed by atoms with Gasteiger partial charge in [0.2, 0.25) is 5.91 Å². The zero-order valence-electron chi connectivity index (χ0n) is 12.6. The molecule has 2 aromatic heterocycles. The molecule has 0 saturated carbocycles. The van der Waals surface area contributed by atoms with Gasteiger partial charge < -0.3 is 10.3 Å². The summed E-state index contributed by atoms with van der Waals surface area (Å²) in [5, 5.41) is 3.89. The molecule has 0 spiro atoms. The highest BCUT2D eigenvalue weighted by Crippen LogP contribution is 2.16. The van der Waals surface area contributed by atoms with E-state index in [-0.39, 0.29) is 5.91 Å². The molecular weight excluding hydrogens is 276 g/mol. The first kappa shape index (κ1) is 15.7. The first-order chi connectivity index (χ1) is 10.8. The average molecular weight is 296 g/mol. The van der Waals surface area contributed by atoms with Gasteiger partial charge in [-0.1, -0.05) is 12.2 Å². The van der Waals surface area contributed by atoms with E-state index in [0.717, 1.165) is 16.6 Å². The number of nitrogens with zero attached hydrogens (tertiary/aromatic N) is 2. The molecule has 0 saturated heterocycles. The minimum Gasteiger partial charge on any atom is -0.351 e. The summed E-state index contributed by atoms with van der Waals surface area (Å²) in [4.78, 5) is 23.2. The molecule has 22 heavy (non-hydrogen) atoms. The van der Waals surface area contributed by atoms with Crippen molar-refractivity contribution in [2.45, 2.75) is 19.8 Å². The second-order valence-corrected chi connectivity index (χ2v) is 4.72. The Morgan fingerprint density at radius 2 is 2.36 bits per heavy atom. The third kappa shape index (κ3) is 4.70. The molecule has 2 aromatic rings. The third-order valence-corrected chi connectivity index (χ3v) is 3.13. The van der Waals surface area contributed by atoms with Crippen molar-refractivity contribution >= 4 is 23.2 Å². The van der Waals surface area contributed by atoms with E-state index >= 15 is 0 Å². The van der Waals surface area contributed by atoms with E-state index in [4.69, 9.17) is 0 Å². The molecule has 5 heteroatoms. The molecule has 1 amide bonds. The summed E-state index contributed by atoms with van der Waals surface area (Å²) < 4.78 is 0. The van der Waals surface area contributed by atoms with Crippen LogP contribution in [0.3, 0.4) is 0 Å². The van der Waals surface area contributed by atoms with E-state index in [2.05, 4.69) is 20.3 Å². The van der Waals surface area contributed by atoms with Gasteiger partial charge in [-0.15, -0.1) is 0 Å². The van der Waals surface area contributed by atoms with Gasteiger partial charge in [-0.05, 0) is 37.1 Å². The fourth-order valence-corrected chi connectivity index (χ4v) is 2.04. The third-order valence-electron chi connectivity index (χ3n) is 3.13. The topological polar surface area (TPSA) is 70.1 Å². The van der Waals surface area contributed by atoms with Crippen LogP contribution >= 0.6 is 0 Å². The second-order valence-electron chi connectivity index (χ2n) is 4.72. The number of nitrogens with one attached hydrogen (secondary N) is 2. The first-order valence-corrected chi connectivity index (χ1v) is 7.28. The molecule has 0 aromatic carbocycles. The van der Waals surface area contributed by atoms with Gasteiger partial charge in [0.1, 0.15) is 5.65 Å². The van der Waals surface area contributed by atoms with Crippen LogP contribution in [0.4, 0.5) is 0 Å². The van der Waals surface area contributed by atoms with Gasteiger partial charge in [-0.25, -0.2) is 4.98 Å². The van der Waals surface area contributed by atoms with Crippen LogP contribution in [0.1, 0.15) is 18.9 Å². The summed E-state index contributed by atoms with van der Waals surface area (Å²) in [6, 6.07) is 3.91. The molecule has 2 N–H and O–H groups in total. The molecular formula is C17H20N4O. The van der Waals surface area contributed by atoms with Gasteiger partial charge in [0.25, 0.3) is 0 Å². The number of aryl methyl sites for hydroxylation is 1. The summed E-state index contributed by atoms with van der Waals surface area (Å²) in [6.45, 7) is 2.38. The monoisotopic (exact) mass is 296 g/mol. The van der Waals surface area contributed by atoms with E-state index in [1.54, 1.807) is 18.6 Å². The molecule has 114 valence electrons. The number of aromatic amines is 1. The largest absolute Gasteiger partial charge is 0.351 e. The Labute approximate surface area is 129 Å². The smallest absolute Gasteiger partial charge is 0.220 e. The van der Waals surface area contributed by atoms with Gasteiger partial charge in [-0.2, -0.15) is 0 Å². The van der Waals surface area contributed by atoms with E-state index in [1.807, 2.05) is 43.5 Å². The Morgan fingerprint density at radius 3 is 3.23 bits per heavy atom. The van der Waals surface area contributed by atoms with Crippen molar-refractivity contribution in [1.82, 2.24) is 15.3 Å². The predicted molar refractivity (Wildman–Crippen MR) is 89.9 cm³/mol. The number of rotatable bonds is 7. The Kier molecular flexibility index (Phi) is 6.11. The molecule has 0 radical (unpaired) electrons. The lowest BCUT2D eigenvalue weighted by Gasteiger charge is -2.01. The Hall–Kier alpha value is -2.69. The molecule has 0 aliphatic rings. The van der Waals surface area contributed by atoms with Crippen LogP contribution in [0.5, 0.6) is 0 Å². The molecule has 5 nitrogen and oxygen atoms in total. The summed E-state index contributed by atoms with van der Waals surface area (Å²) in [7, 11) is 0. The Bertz CT molecular complexity index is 698. The standard InChI is InChI=1S/C17H20N4O/c1-2-3-4-9-18-11-12-19-16(22)8-7-14-13-21-17-15(14)6-5-10-20-17/h2-6,9-11,13H,7-8,12H2,1H3,(H,19,22)(H,20,21)/b3-2-,9-4-,18-11?. The lowest BCUT2D eigenvalue weighted by molar-refractivity contribution is -0.120. The lowest BCUT2D eigenvalue weighted by Crippen LogP contribution is -2.25. The highest BCUT2D eigenvalue weighted by Gasteiger charge is 2.06. The maximum Gasteiger partial charge on any atom is 0.220 e. The number of carbonyl (C=O) groups excluding carboxylic acids is 1. The SMILES string of the molecule is C/C=C\C=C/N=CCNC(=O)CCc1c[nH]c2ncccc12. The fraction of sp³-hybridized carbons (Fsp3) is 0.235. The van der Waals surface area contributed by atoms with Crippen molar-refractivity contribution < 1.29 is 4.79 Å². The van der Waals surface area contributed by atoms with Crippen LogP contribution in [-0.4, -0.2) is 28.6 Å². The summed E-state index contributed by atoms with van der Waals surface area (Å²) in [5.74, 6) is 0.0159. The van der Waals surface area contributed by atoms with Gasteiger partial charge >= 0.3 is 0 Å². The predicted octanol–water partition coefficient (Wildman–Crippen LogP) is 2.77. The minimum atomic E-state index is 0.0159. The van der Waals surface area contributed by atoms with E-state index in [1.165, 1.54) is 0 Å². The molecule has 0 aliphatic heterocycles. The normalized spacial score (nSPS) is 12.0. The first-order valence-electron chi connectivity index (χ1n) is 7.28. The van der Waals surface area contributed by atoms with Crippen LogP contribution in [0.25, 0.3) is 11.0 Å². The van der Waals surface area contributed by atoms with Crippen molar-refractivity contribution in [3.05, 3.63) is 54.5 Å². The zero-order chi connectivity index (χ0) is 15.6. The molecule has 0 bridgehead atoms. The maximum absolute atomic E-state index is 11.8. The fourth-order valence-electron chi connectivity index (χ4n) is 2.04. The van der Waals surface area contributed by atoms with Crippen LogP contribution < -0.4 is 5.32 Å². The van der Waals surface area contributed by atoms with Crippen LogP contribution in [0.2, 0.25) is 0 Å².